The number of hydrogen-bond acceptors (Lipinski definition) is 2. The van der Waals surface area contributed by atoms with E-state index in [9.17, 15) is 0 Å². The molecule has 3 N–H and O–H groups in total. The van der Waals surface area contributed by atoms with Crippen LogP contribution in [0.5, 0.6) is 0 Å². The fourth-order valence-corrected chi connectivity index (χ4v) is 2.21. The van der Waals surface area contributed by atoms with Crippen LogP contribution in [0.4, 0.5) is 5.69 Å². The van der Waals surface area contributed by atoms with Crippen LogP contribution in [0.25, 0.3) is 0 Å². The molecule has 2 nitrogen and oxygen atoms in total. The van der Waals surface area contributed by atoms with Crippen LogP contribution in [0.2, 0.25) is 0 Å². The summed E-state index contributed by atoms with van der Waals surface area (Å²) in [5.41, 5.74) is 9.92. The highest BCUT2D eigenvalue weighted by atomic mass is 15.0. The fourth-order valence-electron chi connectivity index (χ4n) is 2.21. The smallest absolute Gasteiger partial charge is 0.0412 e. The van der Waals surface area contributed by atoms with Crippen LogP contribution in [0.15, 0.2) is 18.2 Å². The molecule has 2 rings (SSSR count). The fraction of sp³-hybridized carbons (Fsp3) is 0.538. The molecular formula is C13H20N2. The first-order valence-electron chi connectivity index (χ1n) is 5.76. The van der Waals surface area contributed by atoms with Crippen LogP contribution in [0.3, 0.4) is 0 Å². The summed E-state index contributed by atoms with van der Waals surface area (Å²) < 4.78 is 0. The summed E-state index contributed by atoms with van der Waals surface area (Å²) in [6.45, 7) is 4.29. The Hall–Kier alpha value is -1.02. The molecule has 1 saturated carbocycles. The molecule has 82 valence electrons. The highest BCUT2D eigenvalue weighted by molar-refractivity contribution is 5.49. The lowest BCUT2D eigenvalue weighted by Gasteiger charge is -2.19. The molecular weight excluding hydrogens is 184 g/mol. The molecule has 0 aliphatic heterocycles. The Morgan fingerprint density at radius 2 is 2.00 bits per heavy atom. The number of aryl methyl sites for hydroxylation is 2. The Labute approximate surface area is 91.9 Å². The third kappa shape index (κ3) is 2.32. The van der Waals surface area contributed by atoms with Gasteiger partial charge in [0, 0.05) is 17.8 Å². The van der Waals surface area contributed by atoms with Gasteiger partial charge in [0.1, 0.15) is 0 Å². The second kappa shape index (κ2) is 4.23. The zero-order valence-electron chi connectivity index (χ0n) is 9.59. The maximum atomic E-state index is 6.03. The molecule has 1 aromatic carbocycles. The minimum Gasteiger partial charge on any atom is -0.381 e. The molecule has 0 heterocycles. The van der Waals surface area contributed by atoms with Crippen molar-refractivity contribution in [2.75, 3.05) is 5.32 Å². The van der Waals surface area contributed by atoms with Gasteiger partial charge in [0.2, 0.25) is 0 Å². The average Bonchev–Trinajstić information content (AvgIpc) is 2.59. The van der Waals surface area contributed by atoms with Gasteiger partial charge in [-0.15, -0.1) is 0 Å². The first-order chi connectivity index (χ1) is 7.16. The van der Waals surface area contributed by atoms with Gasteiger partial charge in [-0.3, -0.25) is 0 Å². The number of benzene rings is 1. The molecule has 2 heteroatoms. The molecule has 2 atom stereocenters. The maximum absolute atomic E-state index is 6.03. The molecule has 0 amide bonds. The van der Waals surface area contributed by atoms with E-state index in [4.69, 9.17) is 5.73 Å². The number of nitrogens with two attached hydrogens (primary N) is 1. The number of nitrogens with one attached hydrogen (secondary N) is 1. The van der Waals surface area contributed by atoms with Crippen LogP contribution in [-0.2, 0) is 0 Å². The van der Waals surface area contributed by atoms with Crippen molar-refractivity contribution in [3.05, 3.63) is 29.3 Å². The van der Waals surface area contributed by atoms with Crippen LogP contribution in [-0.4, -0.2) is 12.1 Å². The molecule has 0 aromatic heterocycles. The highest BCUT2D eigenvalue weighted by Gasteiger charge is 2.23. The number of rotatable bonds is 2. The Morgan fingerprint density at radius 3 is 2.60 bits per heavy atom. The monoisotopic (exact) mass is 204 g/mol. The topological polar surface area (TPSA) is 38.0 Å². The van der Waals surface area contributed by atoms with E-state index in [0.29, 0.717) is 12.1 Å². The van der Waals surface area contributed by atoms with Crippen molar-refractivity contribution in [3.63, 3.8) is 0 Å². The van der Waals surface area contributed by atoms with E-state index >= 15 is 0 Å². The van der Waals surface area contributed by atoms with E-state index in [1.54, 1.807) is 0 Å². The molecule has 1 fully saturated rings. The molecule has 0 saturated heterocycles. The van der Waals surface area contributed by atoms with Gasteiger partial charge >= 0.3 is 0 Å². The second-order valence-electron chi connectivity index (χ2n) is 4.64. The largest absolute Gasteiger partial charge is 0.381 e. The van der Waals surface area contributed by atoms with Crippen LogP contribution >= 0.6 is 0 Å². The molecule has 1 aliphatic rings. The van der Waals surface area contributed by atoms with E-state index in [-0.39, 0.29) is 0 Å². The van der Waals surface area contributed by atoms with Gasteiger partial charge in [-0.1, -0.05) is 6.07 Å². The van der Waals surface area contributed by atoms with E-state index in [2.05, 4.69) is 37.4 Å². The lowest BCUT2D eigenvalue weighted by atomic mass is 10.1. The van der Waals surface area contributed by atoms with Gasteiger partial charge in [-0.2, -0.15) is 0 Å². The first kappa shape index (κ1) is 10.5. The molecule has 0 bridgehead atoms. The van der Waals surface area contributed by atoms with Gasteiger partial charge in [0.05, 0.1) is 0 Å². The number of anilines is 1. The quantitative estimate of drug-likeness (QED) is 0.777. The molecule has 0 radical (unpaired) electrons. The summed E-state index contributed by atoms with van der Waals surface area (Å²) in [7, 11) is 0. The summed E-state index contributed by atoms with van der Waals surface area (Å²) in [6, 6.07) is 7.31. The van der Waals surface area contributed by atoms with E-state index < -0.39 is 0 Å². The minimum atomic E-state index is 0.326. The SMILES string of the molecule is Cc1ccc(N[C@H]2CCC[C@H]2N)cc1C. The van der Waals surface area contributed by atoms with Crippen LogP contribution in [0.1, 0.15) is 30.4 Å². The summed E-state index contributed by atoms with van der Waals surface area (Å²) in [5, 5.41) is 3.53. The molecule has 0 unspecified atom stereocenters. The summed E-state index contributed by atoms with van der Waals surface area (Å²) in [4.78, 5) is 0. The van der Waals surface area contributed by atoms with E-state index in [1.807, 2.05) is 0 Å². The van der Waals surface area contributed by atoms with Crippen molar-refractivity contribution in [3.8, 4) is 0 Å². The lowest BCUT2D eigenvalue weighted by Crippen LogP contribution is -2.35. The van der Waals surface area contributed by atoms with Crippen molar-refractivity contribution in [1.29, 1.82) is 0 Å². The highest BCUT2D eigenvalue weighted by Crippen LogP contribution is 2.22. The summed E-state index contributed by atoms with van der Waals surface area (Å²) in [5.74, 6) is 0. The predicted octanol–water partition coefficient (Wildman–Crippen LogP) is 2.60. The first-order valence-corrected chi connectivity index (χ1v) is 5.76. The molecule has 1 aromatic rings. The van der Waals surface area contributed by atoms with Crippen molar-refractivity contribution >= 4 is 5.69 Å². The lowest BCUT2D eigenvalue weighted by molar-refractivity contribution is 0.638. The Balaban J connectivity index is 2.07. The third-order valence-electron chi connectivity index (χ3n) is 3.43. The normalized spacial score (nSPS) is 25.5. The van der Waals surface area contributed by atoms with E-state index in [0.717, 1.165) is 6.42 Å². The standard InChI is InChI=1S/C13H20N2/c1-9-6-7-11(8-10(9)2)15-13-5-3-4-12(13)14/h6-8,12-13,15H,3-5,14H2,1-2H3/t12-,13+/m1/s1. The van der Waals surface area contributed by atoms with Crippen molar-refractivity contribution in [2.24, 2.45) is 5.73 Å². The maximum Gasteiger partial charge on any atom is 0.0412 e. The Bertz CT molecular complexity index is 346. The average molecular weight is 204 g/mol. The predicted molar refractivity (Wildman–Crippen MR) is 65.2 cm³/mol. The Kier molecular flexibility index (Phi) is 2.96. The zero-order chi connectivity index (χ0) is 10.8. The van der Waals surface area contributed by atoms with Gasteiger partial charge in [0.15, 0.2) is 0 Å². The van der Waals surface area contributed by atoms with Gasteiger partial charge in [-0.25, -0.2) is 0 Å². The summed E-state index contributed by atoms with van der Waals surface area (Å²) >= 11 is 0. The van der Waals surface area contributed by atoms with Crippen molar-refractivity contribution < 1.29 is 0 Å². The van der Waals surface area contributed by atoms with E-state index in [1.165, 1.54) is 29.7 Å². The zero-order valence-corrected chi connectivity index (χ0v) is 9.59. The third-order valence-corrected chi connectivity index (χ3v) is 3.43. The van der Waals surface area contributed by atoms with Gasteiger partial charge in [-0.05, 0) is 56.4 Å². The van der Waals surface area contributed by atoms with Crippen LogP contribution < -0.4 is 11.1 Å². The Morgan fingerprint density at radius 1 is 1.20 bits per heavy atom. The van der Waals surface area contributed by atoms with Crippen molar-refractivity contribution in [1.82, 2.24) is 0 Å². The molecule has 0 spiro atoms. The van der Waals surface area contributed by atoms with Gasteiger partial charge < -0.3 is 11.1 Å². The summed E-state index contributed by atoms with van der Waals surface area (Å²) in [6.07, 6.45) is 3.61. The molecule has 15 heavy (non-hydrogen) atoms. The van der Waals surface area contributed by atoms with Crippen LogP contribution in [0, 0.1) is 13.8 Å². The number of hydrogen-bond donors (Lipinski definition) is 2. The van der Waals surface area contributed by atoms with Crippen molar-refractivity contribution in [2.45, 2.75) is 45.2 Å². The second-order valence-corrected chi connectivity index (χ2v) is 4.64. The molecule has 1 aliphatic carbocycles. The minimum absolute atomic E-state index is 0.326. The van der Waals surface area contributed by atoms with Gasteiger partial charge in [0.25, 0.3) is 0 Å².